The molecule has 1 fully saturated rings. The van der Waals surface area contributed by atoms with Crippen molar-refractivity contribution >= 4 is 29.0 Å². The van der Waals surface area contributed by atoms with Crippen molar-refractivity contribution in [3.63, 3.8) is 0 Å². The van der Waals surface area contributed by atoms with E-state index in [9.17, 15) is 9.59 Å². The number of piperidine rings is 1. The summed E-state index contributed by atoms with van der Waals surface area (Å²) in [6, 6.07) is 1.42. The zero-order valence-electron chi connectivity index (χ0n) is 12.4. The van der Waals surface area contributed by atoms with Gasteiger partial charge in [0.1, 0.15) is 4.88 Å². The molecule has 2 rings (SSSR count). The molecule has 0 aliphatic carbocycles. The maximum absolute atomic E-state index is 12.3. The number of rotatable bonds is 5. The first kappa shape index (κ1) is 16.7. The van der Waals surface area contributed by atoms with Crippen LogP contribution in [-0.4, -0.2) is 61.5 Å². The van der Waals surface area contributed by atoms with E-state index in [-0.39, 0.29) is 25.3 Å². The average Bonchev–Trinajstić information content (AvgIpc) is 3.00. The van der Waals surface area contributed by atoms with E-state index in [1.165, 1.54) is 18.4 Å². The summed E-state index contributed by atoms with van der Waals surface area (Å²) in [7, 11) is 1.31. The van der Waals surface area contributed by atoms with Gasteiger partial charge in [-0.2, -0.15) is 0 Å². The molecule has 1 aliphatic rings. The monoisotopic (exact) mass is 328 g/mol. The molecule has 122 valence electrons. The lowest BCUT2D eigenvalue weighted by atomic mass is 10.1. The highest BCUT2D eigenvalue weighted by molar-refractivity contribution is 7.12. The summed E-state index contributed by atoms with van der Waals surface area (Å²) in [5.74, 6) is -0.465. The maximum atomic E-state index is 12.3. The number of anilines is 1. The number of urea groups is 1. The normalized spacial score (nSPS) is 18.1. The smallest absolute Gasteiger partial charge is 0.350 e. The predicted octanol–water partition coefficient (Wildman–Crippen LogP) is 1.54. The highest BCUT2D eigenvalue weighted by Crippen LogP contribution is 2.24. The Hall–Kier alpha value is -1.64. The lowest BCUT2D eigenvalue weighted by Gasteiger charge is -2.32. The van der Waals surface area contributed by atoms with Gasteiger partial charge in [-0.15, -0.1) is 11.3 Å². The van der Waals surface area contributed by atoms with Gasteiger partial charge >= 0.3 is 12.0 Å². The molecule has 1 aliphatic heterocycles. The second-order valence-electron chi connectivity index (χ2n) is 4.89. The molecule has 0 spiro atoms. The molecule has 2 N–H and O–H groups in total. The Morgan fingerprint density at radius 2 is 2.36 bits per heavy atom. The number of thiophene rings is 1. The summed E-state index contributed by atoms with van der Waals surface area (Å²) < 4.78 is 10.2. The predicted molar refractivity (Wildman–Crippen MR) is 82.3 cm³/mol. The number of hydrogen-bond acceptors (Lipinski definition) is 6. The van der Waals surface area contributed by atoms with Gasteiger partial charge in [-0.1, -0.05) is 0 Å². The number of aliphatic hydroxyl groups is 1. The van der Waals surface area contributed by atoms with Crippen LogP contribution in [0.2, 0.25) is 0 Å². The molecule has 1 aromatic rings. The average molecular weight is 328 g/mol. The number of amides is 2. The number of hydrogen-bond donors (Lipinski definition) is 2. The molecule has 0 saturated carbocycles. The number of nitrogens with zero attached hydrogens (tertiary/aromatic N) is 1. The SMILES string of the molecule is COC(=O)c1sccc1NC(=O)N1CCC[C@H](OCCO)C1. The van der Waals surface area contributed by atoms with Gasteiger partial charge in [-0.25, -0.2) is 9.59 Å². The third kappa shape index (κ3) is 4.19. The van der Waals surface area contributed by atoms with E-state index in [2.05, 4.69) is 10.1 Å². The van der Waals surface area contributed by atoms with Crippen LogP contribution < -0.4 is 5.32 Å². The van der Waals surface area contributed by atoms with E-state index in [0.29, 0.717) is 23.7 Å². The van der Waals surface area contributed by atoms with Crippen molar-refractivity contribution in [3.8, 4) is 0 Å². The number of carbonyl (C=O) groups excluding carboxylic acids is 2. The number of ether oxygens (including phenoxy) is 2. The Morgan fingerprint density at radius 1 is 1.55 bits per heavy atom. The van der Waals surface area contributed by atoms with Crippen molar-refractivity contribution in [1.82, 2.24) is 4.90 Å². The summed E-state index contributed by atoms with van der Waals surface area (Å²) in [5.41, 5.74) is 0.459. The van der Waals surface area contributed by atoms with E-state index in [4.69, 9.17) is 9.84 Å². The van der Waals surface area contributed by atoms with E-state index in [1.807, 2.05) is 0 Å². The summed E-state index contributed by atoms with van der Waals surface area (Å²) in [6.45, 7) is 1.36. The maximum Gasteiger partial charge on any atom is 0.350 e. The van der Waals surface area contributed by atoms with Crippen LogP contribution in [0, 0.1) is 0 Å². The minimum Gasteiger partial charge on any atom is -0.465 e. The van der Waals surface area contributed by atoms with Crippen molar-refractivity contribution < 1.29 is 24.2 Å². The Bertz CT molecular complexity index is 519. The lowest BCUT2D eigenvalue weighted by molar-refractivity contribution is -0.00462. The molecule has 1 saturated heterocycles. The summed E-state index contributed by atoms with van der Waals surface area (Å²) >= 11 is 1.22. The summed E-state index contributed by atoms with van der Waals surface area (Å²) in [4.78, 5) is 25.9. The Labute approximate surface area is 132 Å². The van der Waals surface area contributed by atoms with Crippen LogP contribution >= 0.6 is 11.3 Å². The highest BCUT2D eigenvalue weighted by atomic mass is 32.1. The van der Waals surface area contributed by atoms with Crippen LogP contribution in [0.5, 0.6) is 0 Å². The molecule has 8 heteroatoms. The van der Waals surface area contributed by atoms with Crippen molar-refractivity contribution in [2.24, 2.45) is 0 Å². The van der Waals surface area contributed by atoms with Gasteiger partial charge in [-0.3, -0.25) is 0 Å². The van der Waals surface area contributed by atoms with Gasteiger partial charge in [0.15, 0.2) is 0 Å². The molecule has 1 aromatic heterocycles. The number of esters is 1. The molecule has 0 aromatic carbocycles. The number of methoxy groups -OCH3 is 1. The standard InChI is InChI=1S/C14H20N2O5S/c1-20-13(18)12-11(4-8-22-12)15-14(19)16-5-2-3-10(9-16)21-7-6-17/h4,8,10,17H,2-3,5-7,9H2,1H3,(H,15,19)/t10-/m0/s1. The topological polar surface area (TPSA) is 88.1 Å². The van der Waals surface area contributed by atoms with Gasteiger partial charge in [0.2, 0.25) is 0 Å². The van der Waals surface area contributed by atoms with Crippen molar-refractivity contribution in [3.05, 3.63) is 16.3 Å². The molecule has 7 nitrogen and oxygen atoms in total. The first-order valence-corrected chi connectivity index (χ1v) is 7.98. The van der Waals surface area contributed by atoms with Crippen LogP contribution in [0.3, 0.4) is 0 Å². The highest BCUT2D eigenvalue weighted by Gasteiger charge is 2.25. The van der Waals surface area contributed by atoms with E-state index in [0.717, 1.165) is 12.8 Å². The van der Waals surface area contributed by atoms with Gasteiger partial charge < -0.3 is 24.8 Å². The van der Waals surface area contributed by atoms with Gasteiger partial charge in [0.25, 0.3) is 0 Å². The molecule has 0 radical (unpaired) electrons. The second kappa shape index (κ2) is 8.11. The molecule has 2 amide bonds. The van der Waals surface area contributed by atoms with Crippen molar-refractivity contribution in [1.29, 1.82) is 0 Å². The number of likely N-dealkylation sites (tertiary alicyclic amines) is 1. The molecular formula is C14H20N2O5S. The second-order valence-corrected chi connectivity index (χ2v) is 5.81. The Balaban J connectivity index is 1.94. The van der Waals surface area contributed by atoms with E-state index < -0.39 is 5.97 Å². The lowest BCUT2D eigenvalue weighted by Crippen LogP contribution is -2.45. The third-order valence-corrected chi connectivity index (χ3v) is 4.28. The molecule has 0 unspecified atom stereocenters. The van der Waals surface area contributed by atoms with Crippen LogP contribution in [0.1, 0.15) is 22.5 Å². The number of carbonyl (C=O) groups is 2. The van der Waals surface area contributed by atoms with Crippen LogP contribution in [0.25, 0.3) is 0 Å². The summed E-state index contributed by atoms with van der Waals surface area (Å²) in [5, 5.41) is 13.3. The Kier molecular flexibility index (Phi) is 6.17. The van der Waals surface area contributed by atoms with Gasteiger partial charge in [-0.05, 0) is 24.3 Å². The minimum absolute atomic E-state index is 0.0277. The molecule has 0 bridgehead atoms. The van der Waals surface area contributed by atoms with Gasteiger partial charge in [0, 0.05) is 13.1 Å². The number of aliphatic hydroxyl groups excluding tert-OH is 1. The van der Waals surface area contributed by atoms with Crippen molar-refractivity contribution in [2.75, 3.05) is 38.7 Å². The van der Waals surface area contributed by atoms with Crippen molar-refractivity contribution in [2.45, 2.75) is 18.9 Å². The third-order valence-electron chi connectivity index (χ3n) is 3.39. The molecule has 1 atom stereocenters. The molecule has 2 heterocycles. The number of nitrogens with one attached hydrogen (secondary N) is 1. The van der Waals surface area contributed by atoms with Crippen LogP contribution in [0.15, 0.2) is 11.4 Å². The largest absolute Gasteiger partial charge is 0.465 e. The zero-order valence-corrected chi connectivity index (χ0v) is 13.2. The van der Waals surface area contributed by atoms with Gasteiger partial charge in [0.05, 0.1) is 32.1 Å². The molecular weight excluding hydrogens is 308 g/mol. The van der Waals surface area contributed by atoms with E-state index >= 15 is 0 Å². The van der Waals surface area contributed by atoms with Crippen LogP contribution in [-0.2, 0) is 9.47 Å². The first-order valence-electron chi connectivity index (χ1n) is 7.10. The first-order chi connectivity index (χ1) is 10.7. The van der Waals surface area contributed by atoms with E-state index in [1.54, 1.807) is 16.3 Å². The fourth-order valence-corrected chi connectivity index (χ4v) is 3.10. The fourth-order valence-electron chi connectivity index (χ4n) is 2.33. The Morgan fingerprint density at radius 3 is 3.09 bits per heavy atom. The summed E-state index contributed by atoms with van der Waals surface area (Å²) in [6.07, 6.45) is 1.65. The fraction of sp³-hybridized carbons (Fsp3) is 0.571. The quantitative estimate of drug-likeness (QED) is 0.801. The molecule has 22 heavy (non-hydrogen) atoms. The minimum atomic E-state index is -0.465. The van der Waals surface area contributed by atoms with Crippen LogP contribution in [0.4, 0.5) is 10.5 Å². The zero-order chi connectivity index (χ0) is 15.9.